The first kappa shape index (κ1) is 18.1. The van der Waals surface area contributed by atoms with Crippen LogP contribution < -0.4 is 4.74 Å². The molecule has 0 unspecified atom stereocenters. The van der Waals surface area contributed by atoms with Crippen molar-refractivity contribution in [3.05, 3.63) is 47.8 Å². The number of hydrogen-bond donors (Lipinski definition) is 3. The summed E-state index contributed by atoms with van der Waals surface area (Å²) in [7, 11) is 0. The van der Waals surface area contributed by atoms with Gasteiger partial charge in [0.05, 0.1) is 6.10 Å². The van der Waals surface area contributed by atoms with Gasteiger partial charge in [-0.15, -0.1) is 11.8 Å². The van der Waals surface area contributed by atoms with E-state index in [9.17, 15) is 24.1 Å². The van der Waals surface area contributed by atoms with Gasteiger partial charge in [0.1, 0.15) is 12.2 Å². The van der Waals surface area contributed by atoms with Crippen LogP contribution in [0.4, 0.5) is 8.78 Å². The van der Waals surface area contributed by atoms with Gasteiger partial charge in [0.25, 0.3) is 0 Å². The van der Waals surface area contributed by atoms with Gasteiger partial charge in [-0.3, -0.25) is 4.98 Å². The number of benzene rings is 1. The van der Waals surface area contributed by atoms with Crippen molar-refractivity contribution in [1.29, 1.82) is 0 Å². The minimum absolute atomic E-state index is 0.107. The first-order valence-electron chi connectivity index (χ1n) is 7.61. The molecule has 1 aromatic carbocycles. The molecule has 25 heavy (non-hydrogen) atoms. The number of ether oxygens (including phenoxy) is 1. The monoisotopic (exact) mass is 369 g/mol. The predicted octanol–water partition coefficient (Wildman–Crippen LogP) is 1.87. The first-order chi connectivity index (χ1) is 11.9. The fraction of sp³-hybridized carbons (Fsp3) is 0.353. The van der Waals surface area contributed by atoms with Crippen LogP contribution in [-0.2, 0) is 0 Å². The maximum Gasteiger partial charge on any atom is 0.200 e. The molecule has 1 aliphatic heterocycles. The van der Waals surface area contributed by atoms with Crippen LogP contribution >= 0.6 is 11.8 Å². The summed E-state index contributed by atoms with van der Waals surface area (Å²) in [6, 6.07) is 5.77. The number of thioether (sulfide) groups is 1. The number of aryl methyl sites for hydroxylation is 1. The Labute approximate surface area is 147 Å². The van der Waals surface area contributed by atoms with Crippen molar-refractivity contribution in [3.63, 3.8) is 0 Å². The van der Waals surface area contributed by atoms with Crippen molar-refractivity contribution in [1.82, 2.24) is 4.98 Å². The summed E-state index contributed by atoms with van der Waals surface area (Å²) in [6.07, 6.45) is -2.38. The highest BCUT2D eigenvalue weighted by molar-refractivity contribution is 7.99. The second-order valence-electron chi connectivity index (χ2n) is 5.82. The lowest BCUT2D eigenvalue weighted by Gasteiger charge is -2.34. The van der Waals surface area contributed by atoms with Crippen molar-refractivity contribution in [2.24, 2.45) is 0 Å². The maximum absolute atomic E-state index is 14.1. The minimum Gasteiger partial charge on any atom is -0.474 e. The van der Waals surface area contributed by atoms with Gasteiger partial charge >= 0.3 is 0 Å². The van der Waals surface area contributed by atoms with E-state index in [1.54, 1.807) is 25.3 Å². The third-order valence-corrected chi connectivity index (χ3v) is 5.16. The maximum atomic E-state index is 14.1. The zero-order valence-electron chi connectivity index (χ0n) is 13.3. The average Bonchev–Trinajstić information content (AvgIpc) is 2.59. The highest BCUT2D eigenvalue weighted by Gasteiger charge is 2.39. The molecule has 134 valence electrons. The van der Waals surface area contributed by atoms with Gasteiger partial charge in [0.2, 0.25) is 5.82 Å². The molecule has 2 heterocycles. The molecule has 1 aromatic heterocycles. The first-order valence-corrected chi connectivity index (χ1v) is 8.66. The van der Waals surface area contributed by atoms with E-state index in [1.807, 2.05) is 0 Å². The summed E-state index contributed by atoms with van der Waals surface area (Å²) in [5.41, 5.74) is 0.737. The number of aliphatic hydroxyl groups excluding tert-OH is 3. The molecule has 0 amide bonds. The SMILES string of the molecule is Cc1cc(-c2cc(F)c(F)c(O[C@@H]3SC[C@@H](O)[C@H](O)[C@H]3O)c2)ccn1. The molecule has 3 rings (SSSR count). The van der Waals surface area contributed by atoms with Gasteiger partial charge in [-0.25, -0.2) is 4.39 Å². The summed E-state index contributed by atoms with van der Waals surface area (Å²) >= 11 is 1.02. The molecule has 0 radical (unpaired) electrons. The molecule has 0 bridgehead atoms. The predicted molar refractivity (Wildman–Crippen MR) is 89.2 cm³/mol. The zero-order valence-corrected chi connectivity index (χ0v) is 14.1. The van der Waals surface area contributed by atoms with Crippen molar-refractivity contribution >= 4 is 11.8 Å². The van der Waals surface area contributed by atoms with Crippen LogP contribution in [0.3, 0.4) is 0 Å². The summed E-state index contributed by atoms with van der Waals surface area (Å²) in [5.74, 6) is -2.53. The van der Waals surface area contributed by atoms with Gasteiger partial charge in [-0.2, -0.15) is 4.39 Å². The summed E-state index contributed by atoms with van der Waals surface area (Å²) in [5, 5.41) is 29.2. The number of nitrogens with zero attached hydrogens (tertiary/aromatic N) is 1. The smallest absolute Gasteiger partial charge is 0.200 e. The number of aromatic nitrogens is 1. The highest BCUT2D eigenvalue weighted by Crippen LogP contribution is 2.34. The molecule has 0 spiro atoms. The van der Waals surface area contributed by atoms with Gasteiger partial charge in [-0.05, 0) is 42.3 Å². The lowest BCUT2D eigenvalue weighted by molar-refractivity contribution is -0.0790. The Kier molecular flexibility index (Phi) is 5.24. The third kappa shape index (κ3) is 3.77. The molecule has 3 N–H and O–H groups in total. The van der Waals surface area contributed by atoms with Crippen LogP contribution in [0.5, 0.6) is 5.75 Å². The lowest BCUT2D eigenvalue weighted by Crippen LogP contribution is -2.50. The molecular formula is C17H17F2NO4S. The largest absolute Gasteiger partial charge is 0.474 e. The molecule has 0 saturated carbocycles. The fourth-order valence-corrected chi connectivity index (χ4v) is 3.66. The van der Waals surface area contributed by atoms with E-state index in [1.165, 1.54) is 6.07 Å². The lowest BCUT2D eigenvalue weighted by atomic mass is 10.1. The van der Waals surface area contributed by atoms with E-state index >= 15 is 0 Å². The van der Waals surface area contributed by atoms with Gasteiger partial charge in [-0.1, -0.05) is 0 Å². The second-order valence-corrected chi connectivity index (χ2v) is 6.96. The molecule has 1 aliphatic rings. The standard InChI is InChI=1S/C17H17F2NO4S/c1-8-4-9(2-3-20-8)10-5-11(18)14(19)13(6-10)24-17-16(23)15(22)12(21)7-25-17/h2-6,12,15-17,21-23H,7H2,1H3/t12-,15+,16-,17-/m1/s1. The summed E-state index contributed by atoms with van der Waals surface area (Å²) in [6.45, 7) is 1.78. The molecule has 1 fully saturated rings. The quantitative estimate of drug-likeness (QED) is 0.766. The number of pyridine rings is 1. The third-order valence-electron chi connectivity index (χ3n) is 3.92. The van der Waals surface area contributed by atoms with E-state index in [4.69, 9.17) is 4.74 Å². The average molecular weight is 369 g/mol. The molecular weight excluding hydrogens is 352 g/mol. The van der Waals surface area contributed by atoms with Crippen LogP contribution in [0.25, 0.3) is 11.1 Å². The Bertz CT molecular complexity index is 776. The van der Waals surface area contributed by atoms with Crippen LogP contribution in [0.15, 0.2) is 30.5 Å². The fourth-order valence-electron chi connectivity index (χ4n) is 2.55. The number of aliphatic hydroxyl groups is 3. The van der Waals surface area contributed by atoms with E-state index in [0.717, 1.165) is 23.5 Å². The Morgan fingerprint density at radius 1 is 1.12 bits per heavy atom. The molecule has 2 aromatic rings. The van der Waals surface area contributed by atoms with E-state index in [0.29, 0.717) is 11.1 Å². The molecule has 5 nitrogen and oxygen atoms in total. The number of halogens is 2. The Morgan fingerprint density at radius 2 is 1.88 bits per heavy atom. The Morgan fingerprint density at radius 3 is 2.60 bits per heavy atom. The zero-order chi connectivity index (χ0) is 18.1. The van der Waals surface area contributed by atoms with Crippen molar-refractivity contribution in [2.75, 3.05) is 5.75 Å². The number of hydrogen-bond acceptors (Lipinski definition) is 6. The Hall–Kier alpha value is -1.74. The Balaban J connectivity index is 1.91. The van der Waals surface area contributed by atoms with Crippen molar-refractivity contribution < 1.29 is 28.8 Å². The molecule has 8 heteroatoms. The normalized spacial score (nSPS) is 26.5. The van der Waals surface area contributed by atoms with Crippen molar-refractivity contribution in [2.45, 2.75) is 30.7 Å². The van der Waals surface area contributed by atoms with E-state index in [-0.39, 0.29) is 11.5 Å². The highest BCUT2D eigenvalue weighted by atomic mass is 32.2. The minimum atomic E-state index is -1.43. The van der Waals surface area contributed by atoms with E-state index < -0.39 is 35.4 Å². The number of rotatable bonds is 3. The van der Waals surface area contributed by atoms with Crippen LogP contribution in [-0.4, -0.2) is 49.8 Å². The second kappa shape index (κ2) is 7.25. The topological polar surface area (TPSA) is 82.8 Å². The van der Waals surface area contributed by atoms with Crippen LogP contribution in [0.1, 0.15) is 5.69 Å². The van der Waals surface area contributed by atoms with Crippen LogP contribution in [0, 0.1) is 18.6 Å². The van der Waals surface area contributed by atoms with Crippen LogP contribution in [0.2, 0.25) is 0 Å². The van der Waals surface area contributed by atoms with Gasteiger partial charge in [0.15, 0.2) is 17.0 Å². The molecule has 1 saturated heterocycles. The van der Waals surface area contributed by atoms with Crippen molar-refractivity contribution in [3.8, 4) is 16.9 Å². The van der Waals surface area contributed by atoms with Gasteiger partial charge < -0.3 is 20.1 Å². The molecule has 0 aliphatic carbocycles. The molecule has 4 atom stereocenters. The summed E-state index contributed by atoms with van der Waals surface area (Å²) in [4.78, 5) is 4.06. The summed E-state index contributed by atoms with van der Waals surface area (Å²) < 4.78 is 33.5. The van der Waals surface area contributed by atoms with E-state index in [2.05, 4.69) is 4.98 Å². The van der Waals surface area contributed by atoms with Gasteiger partial charge in [0, 0.05) is 17.6 Å².